The van der Waals surface area contributed by atoms with Gasteiger partial charge in [-0.2, -0.15) is 0 Å². The number of para-hydroxylation sites is 1. The van der Waals surface area contributed by atoms with Gasteiger partial charge in [0.05, 0.1) is 0 Å². The molecule has 0 unspecified atom stereocenters. The van der Waals surface area contributed by atoms with E-state index in [0.717, 1.165) is 10.9 Å². The Balaban J connectivity index is 2.58. The van der Waals surface area contributed by atoms with Crippen LogP contribution in [0.1, 0.15) is 24.2 Å². The molecule has 0 bridgehead atoms. The minimum absolute atomic E-state index is 0.264. The van der Waals surface area contributed by atoms with Gasteiger partial charge in [0.25, 0.3) is 0 Å². The van der Waals surface area contributed by atoms with Gasteiger partial charge < -0.3 is 10.1 Å². The minimum Gasteiger partial charge on any atom is -0.382 e. The predicted molar refractivity (Wildman–Crippen MR) is 58.9 cm³/mol. The molecule has 0 saturated heterocycles. The van der Waals surface area contributed by atoms with Gasteiger partial charge in [-0.15, -0.1) is 0 Å². The number of ketones is 1. The van der Waals surface area contributed by atoms with Crippen LogP contribution in [0.5, 0.6) is 0 Å². The number of nitrogens with one attached hydrogen (secondary N) is 1. The summed E-state index contributed by atoms with van der Waals surface area (Å²) in [7, 11) is 0. The fourth-order valence-electron chi connectivity index (χ4n) is 1.59. The largest absolute Gasteiger partial charge is 0.382 e. The Hall–Kier alpha value is -1.61. The van der Waals surface area contributed by atoms with Crippen molar-refractivity contribution in [3.8, 4) is 0 Å². The lowest BCUT2D eigenvalue weighted by molar-refractivity contribution is 0.0490. The molecule has 0 aliphatic heterocycles. The lowest BCUT2D eigenvalue weighted by Gasteiger charge is -2.14. The Kier molecular flexibility index (Phi) is 2.12. The van der Waals surface area contributed by atoms with Gasteiger partial charge in [-0.3, -0.25) is 4.79 Å². The van der Waals surface area contributed by atoms with Crippen LogP contribution in [0.15, 0.2) is 30.5 Å². The molecule has 0 aliphatic rings. The number of carbonyl (C=O) groups excluding carboxylic acids is 1. The average Bonchev–Trinajstić information content (AvgIpc) is 2.58. The van der Waals surface area contributed by atoms with E-state index in [0.29, 0.717) is 5.56 Å². The molecular weight excluding hydrogens is 190 g/mol. The molecule has 1 aromatic carbocycles. The molecule has 1 heterocycles. The van der Waals surface area contributed by atoms with Crippen LogP contribution in [-0.4, -0.2) is 21.5 Å². The predicted octanol–water partition coefficient (Wildman–Crippen LogP) is 2.12. The van der Waals surface area contributed by atoms with Gasteiger partial charge in [0.2, 0.25) is 0 Å². The summed E-state index contributed by atoms with van der Waals surface area (Å²) in [6.07, 6.45) is 1.64. The van der Waals surface area contributed by atoms with Crippen LogP contribution in [0.3, 0.4) is 0 Å². The van der Waals surface area contributed by atoms with E-state index in [1.165, 1.54) is 13.8 Å². The highest BCUT2D eigenvalue weighted by molar-refractivity contribution is 6.11. The van der Waals surface area contributed by atoms with E-state index in [1.54, 1.807) is 6.20 Å². The summed E-state index contributed by atoms with van der Waals surface area (Å²) in [5.41, 5.74) is 0.119. The van der Waals surface area contributed by atoms with Crippen LogP contribution in [0.4, 0.5) is 0 Å². The maximum Gasteiger partial charge on any atom is 0.195 e. The highest BCUT2D eigenvalue weighted by Gasteiger charge is 2.27. The van der Waals surface area contributed by atoms with Crippen LogP contribution in [0.25, 0.3) is 10.9 Å². The topological polar surface area (TPSA) is 53.1 Å². The first-order valence-corrected chi connectivity index (χ1v) is 4.83. The second kappa shape index (κ2) is 3.21. The fraction of sp³-hybridized carbons (Fsp3) is 0.250. The maximum absolute atomic E-state index is 11.9. The van der Waals surface area contributed by atoms with Gasteiger partial charge in [0.15, 0.2) is 5.78 Å². The summed E-state index contributed by atoms with van der Waals surface area (Å²) in [5, 5.41) is 10.5. The van der Waals surface area contributed by atoms with E-state index in [2.05, 4.69) is 4.98 Å². The Morgan fingerprint density at radius 1 is 1.33 bits per heavy atom. The smallest absolute Gasteiger partial charge is 0.195 e. The molecular formula is C12H13NO2. The molecule has 0 aliphatic carbocycles. The number of aromatic nitrogens is 1. The second-order valence-corrected chi connectivity index (χ2v) is 4.14. The fourth-order valence-corrected chi connectivity index (χ4v) is 1.59. The van der Waals surface area contributed by atoms with Gasteiger partial charge in [0.1, 0.15) is 5.60 Å². The quantitative estimate of drug-likeness (QED) is 0.734. The number of Topliss-reactive ketones (excluding diaryl/α,β-unsaturated/α-hetero) is 1. The lowest BCUT2D eigenvalue weighted by atomic mass is 9.97. The highest BCUT2D eigenvalue weighted by atomic mass is 16.3. The second-order valence-electron chi connectivity index (χ2n) is 4.14. The van der Waals surface area contributed by atoms with Gasteiger partial charge in [-0.05, 0) is 19.9 Å². The van der Waals surface area contributed by atoms with E-state index in [1.807, 2.05) is 24.3 Å². The average molecular weight is 203 g/mol. The SMILES string of the molecule is CC(C)(O)C(=O)c1c[nH]c2ccccc12. The first kappa shape index (κ1) is 9.93. The maximum atomic E-state index is 11.9. The molecule has 2 rings (SSSR count). The zero-order chi connectivity index (χ0) is 11.1. The molecule has 0 spiro atoms. The van der Waals surface area contributed by atoms with Crippen LogP contribution < -0.4 is 0 Å². The number of benzene rings is 1. The van der Waals surface area contributed by atoms with Crippen molar-refractivity contribution in [2.24, 2.45) is 0 Å². The van der Waals surface area contributed by atoms with Crippen molar-refractivity contribution in [1.29, 1.82) is 0 Å². The molecule has 0 amide bonds. The number of H-pyrrole nitrogens is 1. The van der Waals surface area contributed by atoms with Crippen LogP contribution in [0.2, 0.25) is 0 Å². The van der Waals surface area contributed by atoms with E-state index in [4.69, 9.17) is 0 Å². The molecule has 2 aromatic rings. The van der Waals surface area contributed by atoms with Crippen molar-refractivity contribution >= 4 is 16.7 Å². The molecule has 0 fully saturated rings. The summed E-state index contributed by atoms with van der Waals surface area (Å²) >= 11 is 0. The zero-order valence-electron chi connectivity index (χ0n) is 8.74. The molecule has 78 valence electrons. The molecule has 1 aromatic heterocycles. The minimum atomic E-state index is -1.33. The number of aromatic amines is 1. The monoisotopic (exact) mass is 203 g/mol. The van der Waals surface area contributed by atoms with E-state index in [9.17, 15) is 9.90 Å². The summed E-state index contributed by atoms with van der Waals surface area (Å²) in [6.45, 7) is 2.99. The molecule has 15 heavy (non-hydrogen) atoms. The number of hydrogen-bond acceptors (Lipinski definition) is 2. The molecule has 0 radical (unpaired) electrons. The number of fused-ring (bicyclic) bond motifs is 1. The zero-order valence-corrected chi connectivity index (χ0v) is 8.74. The van der Waals surface area contributed by atoms with Gasteiger partial charge >= 0.3 is 0 Å². The van der Waals surface area contributed by atoms with Crippen molar-refractivity contribution < 1.29 is 9.90 Å². The summed E-state index contributed by atoms with van der Waals surface area (Å²) in [5.74, 6) is -0.264. The standard InChI is InChI=1S/C12H13NO2/c1-12(2,15)11(14)9-7-13-10-6-4-3-5-8(9)10/h3-7,13,15H,1-2H3. The molecule has 2 N–H and O–H groups in total. The number of carbonyl (C=O) groups is 1. The molecule has 3 heteroatoms. The Labute approximate surface area is 87.7 Å². The number of rotatable bonds is 2. The Morgan fingerprint density at radius 2 is 2.00 bits per heavy atom. The van der Waals surface area contributed by atoms with Crippen molar-refractivity contribution in [3.05, 3.63) is 36.0 Å². The van der Waals surface area contributed by atoms with E-state index in [-0.39, 0.29) is 5.78 Å². The van der Waals surface area contributed by atoms with Crippen LogP contribution in [-0.2, 0) is 0 Å². The Bertz CT molecular complexity index is 506. The highest BCUT2D eigenvalue weighted by Crippen LogP contribution is 2.21. The molecule has 0 saturated carbocycles. The van der Waals surface area contributed by atoms with Crippen molar-refractivity contribution in [2.75, 3.05) is 0 Å². The molecule has 0 atom stereocenters. The third kappa shape index (κ3) is 1.66. The third-order valence-electron chi connectivity index (χ3n) is 2.39. The summed E-state index contributed by atoms with van der Waals surface area (Å²) in [6, 6.07) is 7.54. The first-order chi connectivity index (χ1) is 7.00. The number of hydrogen-bond donors (Lipinski definition) is 2. The first-order valence-electron chi connectivity index (χ1n) is 4.83. The van der Waals surface area contributed by atoms with Crippen LogP contribution in [0, 0.1) is 0 Å². The molecule has 3 nitrogen and oxygen atoms in total. The number of aliphatic hydroxyl groups is 1. The lowest BCUT2D eigenvalue weighted by Crippen LogP contribution is -2.30. The van der Waals surface area contributed by atoms with Crippen molar-refractivity contribution in [2.45, 2.75) is 19.4 Å². The van der Waals surface area contributed by atoms with E-state index < -0.39 is 5.60 Å². The van der Waals surface area contributed by atoms with Crippen LogP contribution >= 0.6 is 0 Å². The summed E-state index contributed by atoms with van der Waals surface area (Å²) < 4.78 is 0. The Morgan fingerprint density at radius 3 is 2.67 bits per heavy atom. The van der Waals surface area contributed by atoms with Gasteiger partial charge in [0, 0.05) is 22.7 Å². The normalized spacial score (nSPS) is 11.9. The van der Waals surface area contributed by atoms with Crippen molar-refractivity contribution in [1.82, 2.24) is 4.98 Å². The van der Waals surface area contributed by atoms with Gasteiger partial charge in [-0.25, -0.2) is 0 Å². The van der Waals surface area contributed by atoms with Gasteiger partial charge in [-0.1, -0.05) is 18.2 Å². The van der Waals surface area contributed by atoms with Crippen molar-refractivity contribution in [3.63, 3.8) is 0 Å². The van der Waals surface area contributed by atoms with E-state index >= 15 is 0 Å². The third-order valence-corrected chi connectivity index (χ3v) is 2.39. The summed E-state index contributed by atoms with van der Waals surface area (Å²) in [4.78, 5) is 14.9.